The molecule has 0 bridgehead atoms. The number of amides is 1. The minimum Gasteiger partial charge on any atom is -0.491 e. The van der Waals surface area contributed by atoms with E-state index in [1.807, 2.05) is 50.2 Å². The molecule has 2 rings (SSSR count). The molecule has 0 aliphatic rings. The highest BCUT2D eigenvalue weighted by atomic mass is 16.5. The smallest absolute Gasteiger partial charge is 0.253 e. The Kier molecular flexibility index (Phi) is 9.88. The van der Waals surface area contributed by atoms with Crippen LogP contribution >= 0.6 is 0 Å². The molecule has 6 nitrogen and oxygen atoms in total. The summed E-state index contributed by atoms with van der Waals surface area (Å²) in [6.45, 7) is 8.36. The number of benzene rings is 2. The molecule has 0 spiro atoms. The van der Waals surface area contributed by atoms with Gasteiger partial charge in [-0.3, -0.25) is 9.79 Å². The van der Waals surface area contributed by atoms with Crippen LogP contribution in [0, 0.1) is 0 Å². The summed E-state index contributed by atoms with van der Waals surface area (Å²) >= 11 is 0. The first-order valence-corrected chi connectivity index (χ1v) is 11.0. The second-order valence-corrected chi connectivity index (χ2v) is 7.90. The Morgan fingerprint density at radius 1 is 1.03 bits per heavy atom. The fourth-order valence-electron chi connectivity index (χ4n) is 3.09. The normalized spacial score (nSPS) is 11.4. The fourth-order valence-corrected chi connectivity index (χ4v) is 3.09. The van der Waals surface area contributed by atoms with E-state index in [0.29, 0.717) is 12.1 Å². The number of aliphatic imine (C=N–C) groups is 1. The first kappa shape index (κ1) is 24.3. The highest BCUT2D eigenvalue weighted by Crippen LogP contribution is 2.14. The molecule has 0 aliphatic heterocycles. The summed E-state index contributed by atoms with van der Waals surface area (Å²) in [4.78, 5) is 18.4. The van der Waals surface area contributed by atoms with E-state index in [9.17, 15) is 4.79 Å². The van der Waals surface area contributed by atoms with E-state index in [1.165, 1.54) is 5.56 Å². The van der Waals surface area contributed by atoms with Crippen LogP contribution in [-0.2, 0) is 12.8 Å². The molecule has 2 N–H and O–H groups in total. The van der Waals surface area contributed by atoms with E-state index < -0.39 is 0 Å². The molecule has 6 heteroatoms. The van der Waals surface area contributed by atoms with Gasteiger partial charge in [-0.15, -0.1) is 0 Å². The summed E-state index contributed by atoms with van der Waals surface area (Å²) in [5.41, 5.74) is 3.07. The van der Waals surface area contributed by atoms with E-state index in [1.54, 1.807) is 19.0 Å². The van der Waals surface area contributed by atoms with Crippen LogP contribution < -0.4 is 15.4 Å². The number of ether oxygens (including phenoxy) is 1. The number of hydrogen-bond donors (Lipinski definition) is 2. The molecule has 168 valence electrons. The average molecular weight is 425 g/mol. The largest absolute Gasteiger partial charge is 0.491 e. The number of rotatable bonds is 10. The van der Waals surface area contributed by atoms with Gasteiger partial charge in [0.1, 0.15) is 5.75 Å². The first-order chi connectivity index (χ1) is 14.9. The molecule has 0 atom stereocenters. The zero-order valence-electron chi connectivity index (χ0n) is 19.4. The zero-order chi connectivity index (χ0) is 22.6. The van der Waals surface area contributed by atoms with Crippen LogP contribution in [0.5, 0.6) is 5.75 Å². The van der Waals surface area contributed by atoms with Crippen LogP contribution in [0.2, 0.25) is 0 Å². The third-order valence-corrected chi connectivity index (χ3v) is 4.60. The summed E-state index contributed by atoms with van der Waals surface area (Å²) in [6, 6.07) is 16.0. The second-order valence-electron chi connectivity index (χ2n) is 7.90. The van der Waals surface area contributed by atoms with E-state index in [0.717, 1.165) is 43.2 Å². The Hall–Kier alpha value is -3.02. The van der Waals surface area contributed by atoms with Crippen molar-refractivity contribution < 1.29 is 9.53 Å². The molecule has 2 aromatic rings. The van der Waals surface area contributed by atoms with E-state index in [4.69, 9.17) is 4.74 Å². The van der Waals surface area contributed by atoms with Gasteiger partial charge in [0.05, 0.1) is 6.10 Å². The third-order valence-electron chi connectivity index (χ3n) is 4.60. The topological polar surface area (TPSA) is 66.0 Å². The number of carbonyl (C=O) groups excluding carboxylic acids is 1. The monoisotopic (exact) mass is 424 g/mol. The summed E-state index contributed by atoms with van der Waals surface area (Å²) < 4.78 is 5.69. The Morgan fingerprint density at radius 2 is 1.77 bits per heavy atom. The maximum absolute atomic E-state index is 12.1. The van der Waals surface area contributed by atoms with Gasteiger partial charge in [0.25, 0.3) is 5.91 Å². The molecule has 0 fully saturated rings. The van der Waals surface area contributed by atoms with Crippen molar-refractivity contribution in [2.75, 3.05) is 33.7 Å². The van der Waals surface area contributed by atoms with Crippen molar-refractivity contribution in [3.05, 3.63) is 65.2 Å². The lowest BCUT2D eigenvalue weighted by Gasteiger charge is -2.13. The van der Waals surface area contributed by atoms with Crippen molar-refractivity contribution in [2.24, 2.45) is 4.99 Å². The van der Waals surface area contributed by atoms with E-state index in [2.05, 4.69) is 34.7 Å². The van der Waals surface area contributed by atoms with Crippen molar-refractivity contribution in [3.8, 4) is 5.75 Å². The van der Waals surface area contributed by atoms with Crippen LogP contribution in [0.1, 0.15) is 42.3 Å². The number of guanidine groups is 1. The van der Waals surface area contributed by atoms with Crippen LogP contribution in [0.4, 0.5) is 0 Å². The molecule has 1 amide bonds. The molecular weight excluding hydrogens is 388 g/mol. The van der Waals surface area contributed by atoms with Gasteiger partial charge < -0.3 is 20.3 Å². The Labute approximate surface area is 186 Å². The predicted octanol–water partition coefficient (Wildman–Crippen LogP) is 3.52. The summed E-state index contributed by atoms with van der Waals surface area (Å²) in [6.07, 6.45) is 1.86. The molecular formula is C25H36N4O2. The minimum absolute atomic E-state index is 0.0218. The highest BCUT2D eigenvalue weighted by molar-refractivity contribution is 5.94. The number of hydrogen-bond acceptors (Lipinski definition) is 3. The van der Waals surface area contributed by atoms with Gasteiger partial charge in [-0.2, -0.15) is 0 Å². The van der Waals surface area contributed by atoms with Gasteiger partial charge in [-0.05, 0) is 69.0 Å². The SMILES string of the molecule is CCNC(=NCCc1ccc(OC(C)C)cc1)NCCc1cccc(C(=O)N(C)C)c1. The molecule has 0 aromatic heterocycles. The molecule has 0 saturated carbocycles. The summed E-state index contributed by atoms with van der Waals surface area (Å²) in [5.74, 6) is 1.73. The van der Waals surface area contributed by atoms with Gasteiger partial charge in [0, 0.05) is 39.3 Å². The van der Waals surface area contributed by atoms with E-state index >= 15 is 0 Å². The molecule has 31 heavy (non-hydrogen) atoms. The number of nitrogens with one attached hydrogen (secondary N) is 2. The van der Waals surface area contributed by atoms with Gasteiger partial charge in [0.15, 0.2) is 5.96 Å². The second kappa shape index (κ2) is 12.6. The first-order valence-electron chi connectivity index (χ1n) is 11.0. The molecule has 0 saturated heterocycles. The van der Waals surface area contributed by atoms with Crippen molar-refractivity contribution in [1.82, 2.24) is 15.5 Å². The van der Waals surface area contributed by atoms with Gasteiger partial charge in [0.2, 0.25) is 0 Å². The highest BCUT2D eigenvalue weighted by Gasteiger charge is 2.08. The van der Waals surface area contributed by atoms with Crippen molar-refractivity contribution >= 4 is 11.9 Å². The van der Waals surface area contributed by atoms with Crippen LogP contribution in [-0.4, -0.2) is 56.6 Å². The van der Waals surface area contributed by atoms with Gasteiger partial charge >= 0.3 is 0 Å². The van der Waals surface area contributed by atoms with Crippen molar-refractivity contribution in [1.29, 1.82) is 0 Å². The minimum atomic E-state index is 0.0218. The van der Waals surface area contributed by atoms with Gasteiger partial charge in [-0.25, -0.2) is 0 Å². The van der Waals surface area contributed by atoms with Gasteiger partial charge in [-0.1, -0.05) is 24.3 Å². The van der Waals surface area contributed by atoms with Crippen LogP contribution in [0.25, 0.3) is 0 Å². The maximum Gasteiger partial charge on any atom is 0.253 e. The Morgan fingerprint density at radius 3 is 2.42 bits per heavy atom. The molecule has 0 radical (unpaired) electrons. The zero-order valence-corrected chi connectivity index (χ0v) is 19.4. The summed E-state index contributed by atoms with van der Waals surface area (Å²) in [5, 5.41) is 6.67. The number of carbonyl (C=O) groups is 1. The maximum atomic E-state index is 12.1. The molecule has 0 heterocycles. The van der Waals surface area contributed by atoms with Crippen LogP contribution in [0.3, 0.4) is 0 Å². The Bertz CT molecular complexity index is 845. The number of nitrogens with zero attached hydrogens (tertiary/aromatic N) is 2. The van der Waals surface area contributed by atoms with Crippen molar-refractivity contribution in [2.45, 2.75) is 39.7 Å². The quantitative estimate of drug-likeness (QED) is 0.452. The lowest BCUT2D eigenvalue weighted by molar-refractivity contribution is 0.0827. The Balaban J connectivity index is 1.85. The predicted molar refractivity (Wildman–Crippen MR) is 128 cm³/mol. The fraction of sp³-hybridized carbons (Fsp3) is 0.440. The van der Waals surface area contributed by atoms with Crippen LogP contribution in [0.15, 0.2) is 53.5 Å². The standard InChI is InChI=1S/C25H36N4O2/c1-6-26-25(27-16-14-20-10-12-23(13-11-20)31-19(2)3)28-17-15-21-8-7-9-22(18-21)24(30)29(4)5/h7-13,18-19H,6,14-17H2,1-5H3,(H2,26,27,28). The lowest BCUT2D eigenvalue weighted by atomic mass is 10.1. The lowest BCUT2D eigenvalue weighted by Crippen LogP contribution is -2.38. The van der Waals surface area contributed by atoms with E-state index in [-0.39, 0.29) is 12.0 Å². The molecule has 0 aliphatic carbocycles. The van der Waals surface area contributed by atoms with Crippen molar-refractivity contribution in [3.63, 3.8) is 0 Å². The molecule has 2 aromatic carbocycles. The average Bonchev–Trinajstić information content (AvgIpc) is 2.74. The third kappa shape index (κ3) is 8.70. The molecule has 0 unspecified atom stereocenters. The summed E-state index contributed by atoms with van der Waals surface area (Å²) in [7, 11) is 3.53.